The third-order valence-corrected chi connectivity index (χ3v) is 7.85. The lowest BCUT2D eigenvalue weighted by Crippen LogP contribution is -2.37. The van der Waals surface area contributed by atoms with Crippen molar-refractivity contribution < 1.29 is 14.6 Å². The van der Waals surface area contributed by atoms with Crippen LogP contribution in [0.25, 0.3) is 0 Å². The summed E-state index contributed by atoms with van der Waals surface area (Å²) in [5.41, 5.74) is 4.72. The third kappa shape index (κ3) is 2.72. The van der Waals surface area contributed by atoms with Gasteiger partial charge >= 0.3 is 0 Å². The molecule has 158 valence electrons. The Bertz CT molecular complexity index is 1100. The Morgan fingerprint density at radius 3 is 2.32 bits per heavy atom. The van der Waals surface area contributed by atoms with Crippen LogP contribution in [0.2, 0.25) is 0 Å². The van der Waals surface area contributed by atoms with E-state index in [9.17, 15) is 5.11 Å². The van der Waals surface area contributed by atoms with Crippen LogP contribution in [-0.2, 0) is 5.60 Å². The standard InChI is InChI=1S/C28H28O3/c1-30-22-12-10-20(11-13-22)28-24(19-6-3-2-4-7-19)14-15-25(28)27-23(18-8-5-9-18)16-21(29)17-26(27)31-28/h2-4,6-7,10-13,16-18,24-25,29H,5,8-9,14-15H2,1H3. The van der Waals surface area contributed by atoms with Crippen LogP contribution in [0.3, 0.4) is 0 Å². The summed E-state index contributed by atoms with van der Waals surface area (Å²) in [6.07, 6.45) is 5.87. The van der Waals surface area contributed by atoms with Gasteiger partial charge in [0.2, 0.25) is 0 Å². The molecule has 2 fully saturated rings. The Hall–Kier alpha value is -2.94. The Labute approximate surface area is 183 Å². The molecule has 6 rings (SSSR count). The summed E-state index contributed by atoms with van der Waals surface area (Å²) in [6, 6.07) is 23.0. The van der Waals surface area contributed by atoms with Crippen LogP contribution in [0.1, 0.15) is 72.1 Å². The first kappa shape index (κ1) is 18.8. The Morgan fingerprint density at radius 2 is 1.65 bits per heavy atom. The quantitative estimate of drug-likeness (QED) is 0.523. The molecule has 3 atom stereocenters. The number of aromatic hydroxyl groups is 1. The number of hydrogen-bond donors (Lipinski definition) is 1. The number of methoxy groups -OCH3 is 1. The van der Waals surface area contributed by atoms with Crippen LogP contribution in [0.5, 0.6) is 17.2 Å². The first-order chi connectivity index (χ1) is 15.2. The summed E-state index contributed by atoms with van der Waals surface area (Å²) in [7, 11) is 1.70. The highest BCUT2D eigenvalue weighted by Crippen LogP contribution is 2.66. The van der Waals surface area contributed by atoms with Gasteiger partial charge in [-0.3, -0.25) is 0 Å². The molecule has 0 amide bonds. The van der Waals surface area contributed by atoms with Crippen LogP contribution in [0, 0.1) is 0 Å². The van der Waals surface area contributed by atoms with Crippen molar-refractivity contribution in [1.29, 1.82) is 0 Å². The Kier molecular flexibility index (Phi) is 4.27. The molecule has 3 nitrogen and oxygen atoms in total. The van der Waals surface area contributed by atoms with E-state index in [1.54, 1.807) is 7.11 Å². The molecule has 31 heavy (non-hydrogen) atoms. The average molecular weight is 413 g/mol. The zero-order chi connectivity index (χ0) is 21.0. The number of phenolic OH excluding ortho intramolecular Hbond substituents is 1. The highest BCUT2D eigenvalue weighted by atomic mass is 16.5. The number of rotatable bonds is 4. The maximum absolute atomic E-state index is 10.5. The number of ether oxygens (including phenoxy) is 2. The fourth-order valence-electron chi connectivity index (χ4n) is 6.25. The fourth-order valence-corrected chi connectivity index (χ4v) is 6.25. The maximum atomic E-state index is 10.5. The molecule has 3 heteroatoms. The van der Waals surface area contributed by atoms with Crippen LogP contribution < -0.4 is 9.47 Å². The minimum absolute atomic E-state index is 0.260. The zero-order valence-electron chi connectivity index (χ0n) is 17.9. The zero-order valence-corrected chi connectivity index (χ0v) is 17.9. The predicted molar refractivity (Wildman–Crippen MR) is 121 cm³/mol. The van der Waals surface area contributed by atoms with Gasteiger partial charge in [0.25, 0.3) is 0 Å². The minimum atomic E-state index is -0.456. The highest BCUT2D eigenvalue weighted by molar-refractivity contribution is 5.58. The first-order valence-corrected chi connectivity index (χ1v) is 11.5. The number of fused-ring (bicyclic) bond motifs is 3. The molecule has 3 aliphatic rings. The smallest absolute Gasteiger partial charge is 0.148 e. The molecule has 0 saturated heterocycles. The van der Waals surface area contributed by atoms with Gasteiger partial charge in [-0.05, 0) is 66.5 Å². The van der Waals surface area contributed by atoms with Gasteiger partial charge in [-0.1, -0.05) is 48.9 Å². The minimum Gasteiger partial charge on any atom is -0.508 e. The molecule has 3 aromatic rings. The second kappa shape index (κ2) is 7.05. The van der Waals surface area contributed by atoms with Crippen molar-refractivity contribution in [3.63, 3.8) is 0 Å². The van der Waals surface area contributed by atoms with E-state index in [1.807, 2.05) is 24.3 Å². The first-order valence-electron chi connectivity index (χ1n) is 11.5. The van der Waals surface area contributed by atoms with E-state index in [4.69, 9.17) is 9.47 Å². The van der Waals surface area contributed by atoms with Crippen LogP contribution in [0.4, 0.5) is 0 Å². The summed E-state index contributed by atoms with van der Waals surface area (Å²) < 4.78 is 12.4. The van der Waals surface area contributed by atoms with Gasteiger partial charge in [-0.25, -0.2) is 0 Å². The van der Waals surface area contributed by atoms with Crippen molar-refractivity contribution in [1.82, 2.24) is 0 Å². The van der Waals surface area contributed by atoms with E-state index in [2.05, 4.69) is 42.5 Å². The lowest BCUT2D eigenvalue weighted by Gasteiger charge is -2.36. The molecular formula is C28H28O3. The van der Waals surface area contributed by atoms with Crippen molar-refractivity contribution in [3.05, 3.63) is 89.0 Å². The molecule has 2 saturated carbocycles. The van der Waals surface area contributed by atoms with E-state index in [0.717, 1.165) is 24.3 Å². The fraction of sp³-hybridized carbons (Fsp3) is 0.357. The maximum Gasteiger partial charge on any atom is 0.148 e. The third-order valence-electron chi connectivity index (χ3n) is 7.85. The molecule has 3 unspecified atom stereocenters. The number of phenols is 1. The molecule has 1 heterocycles. The van der Waals surface area contributed by atoms with Crippen molar-refractivity contribution >= 4 is 0 Å². The van der Waals surface area contributed by atoms with Gasteiger partial charge in [0.05, 0.1) is 7.11 Å². The molecule has 3 aromatic carbocycles. The van der Waals surface area contributed by atoms with Crippen molar-refractivity contribution in [2.45, 2.75) is 55.5 Å². The van der Waals surface area contributed by atoms with Crippen LogP contribution in [-0.4, -0.2) is 12.2 Å². The molecule has 1 N–H and O–H groups in total. The van der Waals surface area contributed by atoms with E-state index in [1.165, 1.54) is 41.5 Å². The highest BCUT2D eigenvalue weighted by Gasteiger charge is 2.60. The second-order valence-electron chi connectivity index (χ2n) is 9.29. The van der Waals surface area contributed by atoms with Crippen LogP contribution >= 0.6 is 0 Å². The lowest BCUT2D eigenvalue weighted by molar-refractivity contribution is 0.0639. The monoisotopic (exact) mass is 412 g/mol. The molecule has 0 radical (unpaired) electrons. The second-order valence-corrected chi connectivity index (χ2v) is 9.29. The van der Waals surface area contributed by atoms with Gasteiger partial charge in [-0.2, -0.15) is 0 Å². The number of benzene rings is 3. The average Bonchev–Trinajstić information content (AvgIpc) is 3.27. The molecule has 1 aliphatic heterocycles. The summed E-state index contributed by atoms with van der Waals surface area (Å²) in [6.45, 7) is 0. The molecule has 0 spiro atoms. The Morgan fingerprint density at radius 1 is 0.903 bits per heavy atom. The normalized spacial score (nSPS) is 26.6. The summed E-state index contributed by atoms with van der Waals surface area (Å²) in [4.78, 5) is 0. The topological polar surface area (TPSA) is 38.7 Å². The summed E-state index contributed by atoms with van der Waals surface area (Å²) >= 11 is 0. The predicted octanol–water partition coefficient (Wildman–Crippen LogP) is 6.62. The van der Waals surface area contributed by atoms with E-state index in [-0.39, 0.29) is 11.8 Å². The number of hydrogen-bond acceptors (Lipinski definition) is 3. The van der Waals surface area contributed by atoms with Crippen molar-refractivity contribution in [2.24, 2.45) is 0 Å². The largest absolute Gasteiger partial charge is 0.508 e. The lowest BCUT2D eigenvalue weighted by atomic mass is 9.71. The van der Waals surface area contributed by atoms with Crippen molar-refractivity contribution in [2.75, 3.05) is 7.11 Å². The summed E-state index contributed by atoms with van der Waals surface area (Å²) in [5, 5.41) is 10.5. The van der Waals surface area contributed by atoms with E-state index >= 15 is 0 Å². The SMILES string of the molecule is COc1ccc(C23Oc4cc(O)cc(C5CCC5)c4C2CCC3c2ccccc2)cc1. The Balaban J connectivity index is 1.54. The summed E-state index contributed by atoms with van der Waals surface area (Å²) in [5.74, 6) is 3.15. The molecule has 2 aliphatic carbocycles. The van der Waals surface area contributed by atoms with Gasteiger partial charge in [0.1, 0.15) is 22.8 Å². The molecule has 0 aromatic heterocycles. The van der Waals surface area contributed by atoms with Crippen LogP contribution in [0.15, 0.2) is 66.7 Å². The molecule has 0 bridgehead atoms. The van der Waals surface area contributed by atoms with E-state index in [0.29, 0.717) is 11.7 Å². The van der Waals surface area contributed by atoms with Gasteiger partial charge in [0.15, 0.2) is 0 Å². The molecular weight excluding hydrogens is 384 g/mol. The van der Waals surface area contributed by atoms with Gasteiger partial charge < -0.3 is 14.6 Å². The van der Waals surface area contributed by atoms with Gasteiger partial charge in [-0.15, -0.1) is 0 Å². The van der Waals surface area contributed by atoms with E-state index < -0.39 is 5.60 Å². The van der Waals surface area contributed by atoms with Gasteiger partial charge in [0, 0.05) is 23.5 Å². The van der Waals surface area contributed by atoms with Crippen molar-refractivity contribution in [3.8, 4) is 17.2 Å².